The van der Waals surface area contributed by atoms with E-state index in [1.165, 1.54) is 0 Å². The Kier molecular flexibility index (Phi) is 3.64. The van der Waals surface area contributed by atoms with Gasteiger partial charge in [0.25, 0.3) is 0 Å². The molecule has 4 heteroatoms. The molecule has 0 aromatic heterocycles. The molecule has 4 nitrogen and oxygen atoms in total. The second-order valence-electron chi connectivity index (χ2n) is 4.30. The highest BCUT2D eigenvalue weighted by atomic mass is 16.5. The van der Waals surface area contributed by atoms with Gasteiger partial charge in [0.15, 0.2) is 0 Å². The van der Waals surface area contributed by atoms with Gasteiger partial charge in [-0.25, -0.2) is 4.79 Å². The van der Waals surface area contributed by atoms with E-state index >= 15 is 0 Å². The number of carboxylic acids is 1. The van der Waals surface area contributed by atoms with Crippen molar-refractivity contribution >= 4 is 11.7 Å². The number of aromatic carboxylic acids is 1. The zero-order chi connectivity index (χ0) is 12.3. The van der Waals surface area contributed by atoms with Gasteiger partial charge in [-0.3, -0.25) is 0 Å². The quantitative estimate of drug-likeness (QED) is 0.867. The maximum Gasteiger partial charge on any atom is 0.335 e. The zero-order valence-corrected chi connectivity index (χ0v) is 9.93. The summed E-state index contributed by atoms with van der Waals surface area (Å²) in [5, 5.41) is 8.84. The van der Waals surface area contributed by atoms with Crippen molar-refractivity contribution in [3.63, 3.8) is 0 Å². The van der Waals surface area contributed by atoms with Crippen LogP contribution in [-0.2, 0) is 4.74 Å². The Hall–Kier alpha value is -1.55. The number of carbonyl (C=O) groups is 1. The van der Waals surface area contributed by atoms with Crippen LogP contribution < -0.4 is 4.90 Å². The van der Waals surface area contributed by atoms with E-state index in [-0.39, 0.29) is 0 Å². The minimum absolute atomic E-state index is 0.330. The van der Waals surface area contributed by atoms with Gasteiger partial charge < -0.3 is 14.7 Å². The number of hydrogen-bond donors (Lipinski definition) is 1. The lowest BCUT2D eigenvalue weighted by atomic mass is 10.2. The fraction of sp³-hybridized carbons (Fsp3) is 0.462. The highest BCUT2D eigenvalue weighted by Crippen LogP contribution is 2.25. The minimum atomic E-state index is -0.883. The van der Waals surface area contributed by atoms with Crippen LogP contribution in [0.2, 0.25) is 0 Å². The van der Waals surface area contributed by atoms with Crippen LogP contribution in [0.1, 0.15) is 23.2 Å². The Morgan fingerprint density at radius 3 is 2.76 bits per heavy atom. The fourth-order valence-electron chi connectivity index (χ4n) is 2.34. The summed E-state index contributed by atoms with van der Waals surface area (Å²) < 4.78 is 5.20. The van der Waals surface area contributed by atoms with Gasteiger partial charge >= 0.3 is 5.97 Å². The SMILES string of the molecule is COC[C@@H]1CCCN1c1ccc(C(=O)O)cc1. The third-order valence-corrected chi connectivity index (χ3v) is 3.18. The monoisotopic (exact) mass is 235 g/mol. The lowest BCUT2D eigenvalue weighted by Crippen LogP contribution is -2.32. The molecule has 1 N–H and O–H groups in total. The number of hydrogen-bond acceptors (Lipinski definition) is 3. The number of rotatable bonds is 4. The summed E-state index contributed by atoms with van der Waals surface area (Å²) in [4.78, 5) is 13.1. The molecule has 0 aliphatic carbocycles. The molecular weight excluding hydrogens is 218 g/mol. The summed E-state index contributed by atoms with van der Waals surface area (Å²) in [5.74, 6) is -0.883. The molecule has 0 unspecified atom stereocenters. The molecule has 1 aromatic carbocycles. The highest BCUT2D eigenvalue weighted by Gasteiger charge is 2.24. The lowest BCUT2D eigenvalue weighted by Gasteiger charge is -2.26. The van der Waals surface area contributed by atoms with Gasteiger partial charge in [-0.1, -0.05) is 0 Å². The summed E-state index contributed by atoms with van der Waals surface area (Å²) in [6.07, 6.45) is 2.29. The number of methoxy groups -OCH3 is 1. The smallest absolute Gasteiger partial charge is 0.335 e. The highest BCUT2D eigenvalue weighted by molar-refractivity contribution is 5.88. The van der Waals surface area contributed by atoms with E-state index in [0.29, 0.717) is 11.6 Å². The molecule has 1 fully saturated rings. The molecule has 1 saturated heterocycles. The summed E-state index contributed by atoms with van der Waals surface area (Å²) in [6.45, 7) is 1.74. The molecule has 1 aliphatic rings. The van der Waals surface area contributed by atoms with Crippen LogP contribution >= 0.6 is 0 Å². The summed E-state index contributed by atoms with van der Waals surface area (Å²) in [7, 11) is 1.71. The van der Waals surface area contributed by atoms with E-state index in [2.05, 4.69) is 4.90 Å². The van der Waals surface area contributed by atoms with Crippen molar-refractivity contribution in [3.05, 3.63) is 29.8 Å². The molecule has 0 amide bonds. The van der Waals surface area contributed by atoms with E-state index in [4.69, 9.17) is 9.84 Å². The van der Waals surface area contributed by atoms with E-state index in [1.807, 2.05) is 12.1 Å². The van der Waals surface area contributed by atoms with Crippen molar-refractivity contribution < 1.29 is 14.6 Å². The normalized spacial score (nSPS) is 19.6. The van der Waals surface area contributed by atoms with Gasteiger partial charge in [0.1, 0.15) is 0 Å². The average molecular weight is 235 g/mol. The van der Waals surface area contributed by atoms with Gasteiger partial charge in [-0.2, -0.15) is 0 Å². The molecule has 0 saturated carbocycles. The van der Waals surface area contributed by atoms with Crippen LogP contribution in [-0.4, -0.2) is 37.4 Å². The Morgan fingerprint density at radius 1 is 1.47 bits per heavy atom. The Bertz CT molecular complexity index is 388. The fourth-order valence-corrected chi connectivity index (χ4v) is 2.34. The van der Waals surface area contributed by atoms with Gasteiger partial charge in [-0.05, 0) is 37.1 Å². The van der Waals surface area contributed by atoms with E-state index < -0.39 is 5.97 Å². The topological polar surface area (TPSA) is 49.8 Å². The van der Waals surface area contributed by atoms with Gasteiger partial charge in [0.2, 0.25) is 0 Å². The molecule has 0 spiro atoms. The molecule has 1 atom stereocenters. The average Bonchev–Trinajstić information content (AvgIpc) is 2.78. The number of carboxylic acid groups (broad SMARTS) is 1. The largest absolute Gasteiger partial charge is 0.478 e. The van der Waals surface area contributed by atoms with E-state index in [9.17, 15) is 4.79 Å². The lowest BCUT2D eigenvalue weighted by molar-refractivity contribution is 0.0697. The van der Waals surface area contributed by atoms with Crippen LogP contribution in [0.15, 0.2) is 24.3 Å². The van der Waals surface area contributed by atoms with Crippen molar-refractivity contribution in [1.29, 1.82) is 0 Å². The molecule has 2 rings (SSSR count). The molecule has 0 bridgehead atoms. The maximum absolute atomic E-state index is 10.8. The number of benzene rings is 1. The molecule has 17 heavy (non-hydrogen) atoms. The molecular formula is C13H17NO3. The predicted molar refractivity (Wildman–Crippen MR) is 65.6 cm³/mol. The summed E-state index contributed by atoms with van der Waals surface area (Å²) in [5.41, 5.74) is 1.41. The Labute approximate surface area is 101 Å². The van der Waals surface area contributed by atoms with Gasteiger partial charge in [0.05, 0.1) is 18.2 Å². The van der Waals surface area contributed by atoms with E-state index in [0.717, 1.165) is 31.7 Å². The second-order valence-corrected chi connectivity index (χ2v) is 4.30. The first-order valence-electron chi connectivity index (χ1n) is 5.81. The first-order valence-corrected chi connectivity index (χ1v) is 5.81. The molecule has 92 valence electrons. The third-order valence-electron chi connectivity index (χ3n) is 3.18. The second kappa shape index (κ2) is 5.19. The van der Waals surface area contributed by atoms with Crippen molar-refractivity contribution in [2.24, 2.45) is 0 Å². The molecule has 0 radical (unpaired) electrons. The number of nitrogens with zero attached hydrogens (tertiary/aromatic N) is 1. The van der Waals surface area contributed by atoms with Crippen molar-refractivity contribution in [3.8, 4) is 0 Å². The summed E-state index contributed by atoms with van der Waals surface area (Å²) in [6, 6.07) is 7.46. The number of anilines is 1. The third kappa shape index (κ3) is 2.58. The number of ether oxygens (including phenoxy) is 1. The Balaban J connectivity index is 2.13. The molecule has 1 aromatic rings. The molecule has 1 aliphatic heterocycles. The van der Waals surface area contributed by atoms with Crippen LogP contribution in [0, 0.1) is 0 Å². The van der Waals surface area contributed by atoms with Crippen LogP contribution in [0.3, 0.4) is 0 Å². The molecule has 1 heterocycles. The van der Waals surface area contributed by atoms with Gasteiger partial charge in [-0.15, -0.1) is 0 Å². The Morgan fingerprint density at radius 2 is 2.18 bits per heavy atom. The minimum Gasteiger partial charge on any atom is -0.478 e. The summed E-state index contributed by atoms with van der Waals surface area (Å²) >= 11 is 0. The van der Waals surface area contributed by atoms with Gasteiger partial charge in [0, 0.05) is 19.3 Å². The van der Waals surface area contributed by atoms with Crippen LogP contribution in [0.25, 0.3) is 0 Å². The van der Waals surface area contributed by atoms with Crippen molar-refractivity contribution in [2.75, 3.05) is 25.2 Å². The first-order chi connectivity index (χ1) is 8.22. The van der Waals surface area contributed by atoms with E-state index in [1.54, 1.807) is 19.2 Å². The van der Waals surface area contributed by atoms with Crippen LogP contribution in [0.5, 0.6) is 0 Å². The first kappa shape index (κ1) is 11.9. The predicted octanol–water partition coefficient (Wildman–Crippen LogP) is 2.00. The standard InChI is InChI=1S/C13H17NO3/c1-17-9-12-3-2-8-14(12)11-6-4-10(5-7-11)13(15)16/h4-7,12H,2-3,8-9H2,1H3,(H,15,16)/t12-/m0/s1. The van der Waals surface area contributed by atoms with Crippen molar-refractivity contribution in [2.45, 2.75) is 18.9 Å². The van der Waals surface area contributed by atoms with Crippen molar-refractivity contribution in [1.82, 2.24) is 0 Å². The zero-order valence-electron chi connectivity index (χ0n) is 9.93. The van der Waals surface area contributed by atoms with Crippen LogP contribution in [0.4, 0.5) is 5.69 Å². The maximum atomic E-state index is 10.8.